The van der Waals surface area contributed by atoms with Crippen molar-refractivity contribution in [1.82, 2.24) is 47.0 Å². The minimum atomic E-state index is -1.20. The van der Waals surface area contributed by atoms with Gasteiger partial charge < -0.3 is 52.1 Å². The summed E-state index contributed by atoms with van der Waals surface area (Å²) in [6.07, 6.45) is 5.59. The lowest BCUT2D eigenvalue weighted by Gasteiger charge is -2.42. The lowest BCUT2D eigenvalue weighted by Crippen LogP contribution is -2.63. The predicted octanol–water partition coefficient (Wildman–Crippen LogP) is 3.86. The third kappa shape index (κ3) is 13.5. The summed E-state index contributed by atoms with van der Waals surface area (Å²) in [5, 5.41) is 30.5. The average Bonchev–Trinajstić information content (AvgIpc) is 3.88. The highest BCUT2D eigenvalue weighted by Gasteiger charge is 2.48. The second kappa shape index (κ2) is 25.1. The van der Waals surface area contributed by atoms with Crippen molar-refractivity contribution in [3.63, 3.8) is 0 Å². The van der Waals surface area contributed by atoms with E-state index in [0.29, 0.717) is 6.42 Å². The zero-order valence-electron chi connectivity index (χ0n) is 45.8. The van der Waals surface area contributed by atoms with E-state index in [2.05, 4.69) is 55.4 Å². The minimum Gasteiger partial charge on any atom is -0.395 e. The van der Waals surface area contributed by atoms with Gasteiger partial charge in [0.2, 0.25) is 41.4 Å². The number of hydrogen-bond donors (Lipinski definition) is 8. The van der Waals surface area contributed by atoms with Crippen LogP contribution in [-0.4, -0.2) is 137 Å². The molecule has 0 bridgehead atoms. The number of aryl methyl sites for hydroxylation is 2. The Balaban J connectivity index is 1.24. The van der Waals surface area contributed by atoms with Gasteiger partial charge in [-0.2, -0.15) is 0 Å². The Hall–Kier alpha value is -5.82. The first-order chi connectivity index (χ1) is 36.1. The Labute approximate surface area is 453 Å². The van der Waals surface area contributed by atoms with E-state index in [1.807, 2.05) is 69.3 Å². The second-order valence-electron chi connectivity index (χ2n) is 22.7. The maximum absolute atomic E-state index is 15.6. The summed E-state index contributed by atoms with van der Waals surface area (Å²) >= 11 is 1.19. The Morgan fingerprint density at radius 2 is 1.22 bits per heavy atom. The Morgan fingerprint density at radius 1 is 0.684 bits per heavy atom. The van der Waals surface area contributed by atoms with Crippen LogP contribution in [0.5, 0.6) is 0 Å². The largest absolute Gasteiger partial charge is 0.395 e. The van der Waals surface area contributed by atoms with Gasteiger partial charge >= 0.3 is 0 Å². The minimum absolute atomic E-state index is 0.00911. The highest BCUT2D eigenvalue weighted by Crippen LogP contribution is 2.39. The standard InChI is InChI=1S/C58H81N9O8S/c1-34(59-8)51(70)64-49(57(3,4)5)55(74)66-32-41(30-47(66)54(73)63-45-23-15-19-37-17-11-13-21-43(37)45)38-24-25-39-29-46(53(72)62-44-22-14-18-36-16-10-12-20-42(36)44)67(31-40(39)28-38)56(75)50(65-52(71)35(2)60-9)58(6,7)76-33-48(69)61-26-27-68/h10-13,16-17,20-21,24-25,28,34-35,41,44-47,49-50,59-60,68H,14-15,18-19,22-23,26-27,29-33H2,1-9H3,(H,61,69)(H,62,72)(H,63,73)(H,64,70)(H,65,71)/t34-,35-,41-,44+,45+,46-,47-,49?,50+/m0/s1. The molecule has 7 amide bonds. The van der Waals surface area contributed by atoms with Gasteiger partial charge in [0.05, 0.1) is 36.5 Å². The zero-order chi connectivity index (χ0) is 55.1. The smallest absolute Gasteiger partial charge is 0.247 e. The first-order valence-corrected chi connectivity index (χ1v) is 28.1. The van der Waals surface area contributed by atoms with Crippen molar-refractivity contribution in [3.8, 4) is 0 Å². The molecule has 0 saturated carbocycles. The van der Waals surface area contributed by atoms with Crippen LogP contribution in [0.4, 0.5) is 0 Å². The van der Waals surface area contributed by atoms with Crippen LogP contribution in [0.25, 0.3) is 0 Å². The number of likely N-dealkylation sites (N-methyl/N-ethyl adjacent to an activating group) is 2. The van der Waals surface area contributed by atoms with Crippen LogP contribution < -0.4 is 37.2 Å². The van der Waals surface area contributed by atoms with E-state index in [9.17, 15) is 29.1 Å². The summed E-state index contributed by atoms with van der Waals surface area (Å²) in [5.74, 6) is -2.93. The van der Waals surface area contributed by atoms with Gasteiger partial charge in [-0.05, 0) is 131 Å². The summed E-state index contributed by atoms with van der Waals surface area (Å²) in [4.78, 5) is 104. The first-order valence-electron chi connectivity index (χ1n) is 27.1. The molecule has 3 aromatic rings. The van der Waals surface area contributed by atoms with Crippen molar-refractivity contribution < 1.29 is 38.7 Å². The number of likely N-dealkylation sites (tertiary alicyclic amines) is 1. The molecule has 7 rings (SSSR count). The molecule has 18 heteroatoms. The van der Waals surface area contributed by atoms with E-state index in [1.165, 1.54) is 22.9 Å². The molecule has 0 spiro atoms. The summed E-state index contributed by atoms with van der Waals surface area (Å²) in [5.41, 5.74) is 6.26. The molecule has 76 heavy (non-hydrogen) atoms. The maximum atomic E-state index is 15.6. The van der Waals surface area contributed by atoms with Crippen molar-refractivity contribution in [1.29, 1.82) is 0 Å². The van der Waals surface area contributed by atoms with Crippen molar-refractivity contribution in [2.24, 2.45) is 5.41 Å². The van der Waals surface area contributed by atoms with Crippen LogP contribution >= 0.6 is 11.8 Å². The molecule has 4 aliphatic rings. The van der Waals surface area contributed by atoms with Crippen molar-refractivity contribution in [2.75, 3.05) is 39.5 Å². The first kappa shape index (κ1) is 57.9. The third-order valence-corrected chi connectivity index (χ3v) is 17.4. The number of carbonyl (C=O) groups excluding carboxylic acids is 7. The normalized spacial score (nSPS) is 21.8. The van der Waals surface area contributed by atoms with Gasteiger partial charge in [-0.3, -0.25) is 33.6 Å². The van der Waals surface area contributed by atoms with Gasteiger partial charge in [-0.25, -0.2) is 0 Å². The Morgan fingerprint density at radius 3 is 1.78 bits per heavy atom. The molecular formula is C58H81N9O8S. The van der Waals surface area contributed by atoms with E-state index >= 15 is 9.59 Å². The Kier molecular flexibility index (Phi) is 19.1. The number of benzene rings is 3. The molecule has 3 aromatic carbocycles. The fourth-order valence-corrected chi connectivity index (χ4v) is 12.1. The van der Waals surface area contributed by atoms with Gasteiger partial charge in [-0.15, -0.1) is 11.8 Å². The molecule has 9 atom stereocenters. The average molecular weight is 1060 g/mol. The monoisotopic (exact) mass is 1060 g/mol. The molecule has 412 valence electrons. The Bertz CT molecular complexity index is 2620. The summed E-state index contributed by atoms with van der Waals surface area (Å²) in [7, 11) is 3.32. The molecule has 2 aliphatic carbocycles. The summed E-state index contributed by atoms with van der Waals surface area (Å²) in [6, 6.07) is 16.5. The van der Waals surface area contributed by atoms with Crippen LogP contribution in [0.15, 0.2) is 66.7 Å². The van der Waals surface area contributed by atoms with Crippen molar-refractivity contribution in [2.45, 2.75) is 165 Å². The van der Waals surface area contributed by atoms with E-state index in [1.54, 1.807) is 51.6 Å². The maximum Gasteiger partial charge on any atom is 0.247 e. The van der Waals surface area contributed by atoms with E-state index in [4.69, 9.17) is 0 Å². The van der Waals surface area contributed by atoms with Crippen LogP contribution in [0.3, 0.4) is 0 Å². The van der Waals surface area contributed by atoms with Gasteiger partial charge in [0.1, 0.15) is 24.2 Å². The van der Waals surface area contributed by atoms with Gasteiger partial charge in [0, 0.05) is 36.7 Å². The molecular weight excluding hydrogens is 983 g/mol. The van der Waals surface area contributed by atoms with Crippen LogP contribution in [0.1, 0.15) is 138 Å². The van der Waals surface area contributed by atoms with Gasteiger partial charge in [0.25, 0.3) is 0 Å². The summed E-state index contributed by atoms with van der Waals surface area (Å²) < 4.78 is -1.08. The number of nitrogens with zero attached hydrogens (tertiary/aromatic N) is 2. The molecule has 2 aliphatic heterocycles. The van der Waals surface area contributed by atoms with Crippen molar-refractivity contribution >= 4 is 53.1 Å². The lowest BCUT2D eigenvalue weighted by atomic mass is 9.85. The number of aliphatic hydroxyl groups excluding tert-OH is 1. The highest BCUT2D eigenvalue weighted by molar-refractivity contribution is 8.01. The highest BCUT2D eigenvalue weighted by atomic mass is 32.2. The molecule has 2 heterocycles. The molecule has 17 nitrogen and oxygen atoms in total. The number of carbonyl (C=O) groups is 7. The van der Waals surface area contributed by atoms with Crippen LogP contribution in [-0.2, 0) is 59.4 Å². The molecule has 8 N–H and O–H groups in total. The number of fused-ring (bicyclic) bond motifs is 3. The van der Waals surface area contributed by atoms with E-state index in [0.717, 1.165) is 66.3 Å². The zero-order valence-corrected chi connectivity index (χ0v) is 46.7. The van der Waals surface area contributed by atoms with E-state index in [-0.39, 0.29) is 86.0 Å². The van der Waals surface area contributed by atoms with Gasteiger partial charge in [0.15, 0.2) is 0 Å². The quantitative estimate of drug-likeness (QED) is 0.0860. The lowest BCUT2D eigenvalue weighted by molar-refractivity contribution is -0.145. The fraction of sp³-hybridized carbons (Fsp3) is 0.569. The second-order valence-corrected chi connectivity index (χ2v) is 24.3. The number of aliphatic hydroxyl groups is 1. The number of nitrogens with one attached hydrogen (secondary N) is 7. The third-order valence-electron chi connectivity index (χ3n) is 16.0. The fourth-order valence-electron chi connectivity index (χ4n) is 11.1. The number of rotatable bonds is 19. The molecule has 1 fully saturated rings. The van der Waals surface area contributed by atoms with Crippen LogP contribution in [0.2, 0.25) is 0 Å². The predicted molar refractivity (Wildman–Crippen MR) is 295 cm³/mol. The molecule has 1 saturated heterocycles. The number of thioether (sulfide) groups is 1. The van der Waals surface area contributed by atoms with E-state index < -0.39 is 58.2 Å². The SMILES string of the molecule is CN[C@@H](C)C(=O)NC(C(=O)N1C[C@@H](c2ccc3c(c2)CN(C(=O)[C@@H](NC(=O)[C@H](C)NC)C(C)(C)SCC(=O)NCCO)[C@H](C(=O)N[C@@H]2CCCc4ccccc42)C3)C[C@H]1C(=O)N[C@@H]1CCCc2ccccc21)C(C)(C)C. The number of amides is 7. The molecule has 0 radical (unpaired) electrons. The molecule has 1 unspecified atom stereocenters. The topological polar surface area (TPSA) is 230 Å². The van der Waals surface area contributed by atoms with Gasteiger partial charge in [-0.1, -0.05) is 87.5 Å². The van der Waals surface area contributed by atoms with Crippen LogP contribution in [0, 0.1) is 5.41 Å². The molecule has 0 aromatic heterocycles. The summed E-state index contributed by atoms with van der Waals surface area (Å²) in [6.45, 7) is 12.7. The number of hydrogen-bond acceptors (Lipinski definition) is 11. The van der Waals surface area contributed by atoms with Crippen molar-refractivity contribution in [3.05, 3.63) is 106 Å².